The van der Waals surface area contributed by atoms with Crippen molar-refractivity contribution >= 4 is 0 Å². The molecule has 3 nitrogen and oxygen atoms in total. The number of hydrogen-bond acceptors (Lipinski definition) is 2. The van der Waals surface area contributed by atoms with Crippen LogP contribution in [0, 0.1) is 0 Å². The molecule has 0 aliphatic heterocycles. The summed E-state index contributed by atoms with van der Waals surface area (Å²) >= 11 is 0. The van der Waals surface area contributed by atoms with Gasteiger partial charge in [0.2, 0.25) is 0 Å². The number of benzene rings is 1. The highest BCUT2D eigenvalue weighted by atomic mass is 15.0. The predicted octanol–water partition coefficient (Wildman–Crippen LogP) is 3.56. The van der Waals surface area contributed by atoms with E-state index >= 15 is 0 Å². The maximum atomic E-state index is 4.21. The molecule has 0 radical (unpaired) electrons. The van der Waals surface area contributed by atoms with Gasteiger partial charge in [-0.25, -0.2) is 4.98 Å². The van der Waals surface area contributed by atoms with Gasteiger partial charge in [-0.2, -0.15) is 0 Å². The zero-order chi connectivity index (χ0) is 13.9. The van der Waals surface area contributed by atoms with E-state index in [1.165, 1.54) is 11.1 Å². The summed E-state index contributed by atoms with van der Waals surface area (Å²) in [5, 5.41) is 3.47. The summed E-state index contributed by atoms with van der Waals surface area (Å²) in [7, 11) is 0. The Morgan fingerprint density at radius 3 is 2.42 bits per heavy atom. The number of rotatable bonds is 4. The highest BCUT2D eigenvalue weighted by molar-refractivity contribution is 5.29. The first-order valence-electron chi connectivity index (χ1n) is 6.79. The van der Waals surface area contributed by atoms with Gasteiger partial charge < -0.3 is 10.3 Å². The number of H-pyrrole nitrogens is 1. The summed E-state index contributed by atoms with van der Waals surface area (Å²) in [5.41, 5.74) is 2.89. The summed E-state index contributed by atoms with van der Waals surface area (Å²) < 4.78 is 0. The van der Waals surface area contributed by atoms with Gasteiger partial charge in [-0.05, 0) is 23.5 Å². The van der Waals surface area contributed by atoms with Crippen LogP contribution in [0.4, 0.5) is 0 Å². The van der Waals surface area contributed by atoms with E-state index in [1.807, 2.05) is 6.20 Å². The third-order valence-corrected chi connectivity index (χ3v) is 3.41. The third kappa shape index (κ3) is 3.67. The minimum atomic E-state index is 0.212. The molecule has 1 unspecified atom stereocenters. The minimum Gasteiger partial charge on any atom is -0.348 e. The molecule has 19 heavy (non-hydrogen) atoms. The molecule has 0 aliphatic rings. The van der Waals surface area contributed by atoms with E-state index in [1.54, 1.807) is 6.20 Å². The molecule has 2 N–H and O–H groups in total. The van der Waals surface area contributed by atoms with Gasteiger partial charge in [0.25, 0.3) is 0 Å². The van der Waals surface area contributed by atoms with Gasteiger partial charge in [0.1, 0.15) is 5.82 Å². The highest BCUT2D eigenvalue weighted by Gasteiger charge is 2.13. The zero-order valence-electron chi connectivity index (χ0n) is 12.2. The lowest BCUT2D eigenvalue weighted by molar-refractivity contribution is 0.559. The summed E-state index contributed by atoms with van der Waals surface area (Å²) in [6.45, 7) is 9.64. The normalized spacial score (nSPS) is 13.5. The van der Waals surface area contributed by atoms with Crippen LogP contribution in [0.2, 0.25) is 0 Å². The molecule has 1 heterocycles. The highest BCUT2D eigenvalue weighted by Crippen LogP contribution is 2.23. The van der Waals surface area contributed by atoms with Crippen LogP contribution in [0.1, 0.15) is 50.7 Å². The first kappa shape index (κ1) is 13.8. The molecular weight excluding hydrogens is 234 g/mol. The number of nitrogens with one attached hydrogen (secondary N) is 2. The number of nitrogens with zero attached hydrogens (tertiary/aromatic N) is 1. The van der Waals surface area contributed by atoms with E-state index < -0.39 is 0 Å². The molecule has 2 aromatic rings. The molecule has 0 fully saturated rings. The van der Waals surface area contributed by atoms with Crippen molar-refractivity contribution in [3.05, 3.63) is 53.6 Å². The van der Waals surface area contributed by atoms with Crippen molar-refractivity contribution in [3.63, 3.8) is 0 Å². The maximum Gasteiger partial charge on any atom is 0.120 e. The van der Waals surface area contributed by atoms with E-state index in [9.17, 15) is 0 Å². The van der Waals surface area contributed by atoms with Gasteiger partial charge in [-0.15, -0.1) is 0 Å². The SMILES string of the molecule is CC(NCc1ncc[nH]1)c1ccc(C(C)(C)C)cc1. The Labute approximate surface area is 115 Å². The first-order valence-corrected chi connectivity index (χ1v) is 6.79. The molecule has 0 bridgehead atoms. The minimum absolute atomic E-state index is 0.212. The Kier molecular flexibility index (Phi) is 4.05. The maximum absolute atomic E-state index is 4.21. The number of aromatic amines is 1. The van der Waals surface area contributed by atoms with Crippen LogP contribution in [-0.4, -0.2) is 9.97 Å². The third-order valence-electron chi connectivity index (χ3n) is 3.41. The monoisotopic (exact) mass is 257 g/mol. The Morgan fingerprint density at radius 2 is 1.89 bits per heavy atom. The van der Waals surface area contributed by atoms with E-state index in [2.05, 4.69) is 67.2 Å². The number of aromatic nitrogens is 2. The molecule has 0 amide bonds. The zero-order valence-corrected chi connectivity index (χ0v) is 12.2. The summed E-state index contributed by atoms with van der Waals surface area (Å²) in [4.78, 5) is 7.31. The Bertz CT molecular complexity index is 492. The number of imidazole rings is 1. The second kappa shape index (κ2) is 5.57. The lowest BCUT2D eigenvalue weighted by Gasteiger charge is -2.20. The average molecular weight is 257 g/mol. The van der Waals surface area contributed by atoms with Crippen molar-refractivity contribution in [3.8, 4) is 0 Å². The summed E-state index contributed by atoms with van der Waals surface area (Å²) in [5.74, 6) is 0.971. The van der Waals surface area contributed by atoms with Crippen LogP contribution in [0.25, 0.3) is 0 Å². The first-order chi connectivity index (χ1) is 8.97. The predicted molar refractivity (Wildman–Crippen MR) is 79.0 cm³/mol. The van der Waals surface area contributed by atoms with Crippen LogP contribution in [0.3, 0.4) is 0 Å². The van der Waals surface area contributed by atoms with Gasteiger partial charge in [0.15, 0.2) is 0 Å². The van der Waals surface area contributed by atoms with Crippen molar-refractivity contribution in [1.82, 2.24) is 15.3 Å². The summed E-state index contributed by atoms with van der Waals surface area (Å²) in [6.07, 6.45) is 3.62. The van der Waals surface area contributed by atoms with Gasteiger partial charge in [-0.1, -0.05) is 45.0 Å². The Morgan fingerprint density at radius 1 is 1.21 bits per heavy atom. The van der Waals surface area contributed by atoms with Crippen molar-refractivity contribution in [2.75, 3.05) is 0 Å². The average Bonchev–Trinajstić information content (AvgIpc) is 2.88. The van der Waals surface area contributed by atoms with Crippen molar-refractivity contribution in [2.24, 2.45) is 0 Å². The lowest BCUT2D eigenvalue weighted by Crippen LogP contribution is -2.19. The van der Waals surface area contributed by atoms with Crippen LogP contribution in [0.15, 0.2) is 36.7 Å². The Balaban J connectivity index is 1.97. The standard InChI is InChI=1S/C16H23N3/c1-12(19-11-15-17-9-10-18-15)13-5-7-14(8-6-13)16(2,3)4/h5-10,12,19H,11H2,1-4H3,(H,17,18). The van der Waals surface area contributed by atoms with Crippen LogP contribution in [0.5, 0.6) is 0 Å². The molecular formula is C16H23N3. The molecule has 0 saturated heterocycles. The lowest BCUT2D eigenvalue weighted by atomic mass is 9.86. The van der Waals surface area contributed by atoms with Crippen molar-refractivity contribution < 1.29 is 0 Å². The molecule has 2 rings (SSSR count). The Hall–Kier alpha value is -1.61. The molecule has 1 atom stereocenters. The van der Waals surface area contributed by atoms with Gasteiger partial charge >= 0.3 is 0 Å². The van der Waals surface area contributed by atoms with E-state index in [4.69, 9.17) is 0 Å². The second-order valence-corrected chi connectivity index (χ2v) is 6.01. The smallest absolute Gasteiger partial charge is 0.120 e. The van der Waals surface area contributed by atoms with E-state index in [0.29, 0.717) is 6.04 Å². The fourth-order valence-corrected chi connectivity index (χ4v) is 2.03. The number of hydrogen-bond donors (Lipinski definition) is 2. The fourth-order valence-electron chi connectivity index (χ4n) is 2.03. The second-order valence-electron chi connectivity index (χ2n) is 6.01. The van der Waals surface area contributed by atoms with E-state index in [-0.39, 0.29) is 5.41 Å². The van der Waals surface area contributed by atoms with Crippen molar-refractivity contribution in [2.45, 2.75) is 45.7 Å². The van der Waals surface area contributed by atoms with E-state index in [0.717, 1.165) is 12.4 Å². The molecule has 0 aliphatic carbocycles. The van der Waals surface area contributed by atoms with Crippen LogP contribution in [-0.2, 0) is 12.0 Å². The molecule has 0 spiro atoms. The molecule has 1 aromatic carbocycles. The molecule has 1 aromatic heterocycles. The molecule has 0 saturated carbocycles. The quantitative estimate of drug-likeness (QED) is 0.879. The van der Waals surface area contributed by atoms with Crippen LogP contribution < -0.4 is 5.32 Å². The van der Waals surface area contributed by atoms with Crippen LogP contribution >= 0.6 is 0 Å². The van der Waals surface area contributed by atoms with Crippen molar-refractivity contribution in [1.29, 1.82) is 0 Å². The largest absolute Gasteiger partial charge is 0.348 e. The molecule has 3 heteroatoms. The fraction of sp³-hybridized carbons (Fsp3) is 0.438. The topological polar surface area (TPSA) is 40.7 Å². The molecule has 102 valence electrons. The summed E-state index contributed by atoms with van der Waals surface area (Å²) in [6, 6.07) is 9.18. The van der Waals surface area contributed by atoms with Gasteiger partial charge in [0, 0.05) is 18.4 Å². The van der Waals surface area contributed by atoms with Gasteiger partial charge in [-0.3, -0.25) is 0 Å². The van der Waals surface area contributed by atoms with Gasteiger partial charge in [0.05, 0.1) is 6.54 Å².